The van der Waals surface area contributed by atoms with Crippen LogP contribution < -0.4 is 0 Å². The van der Waals surface area contributed by atoms with Crippen LogP contribution in [0.15, 0.2) is 33.8 Å². The van der Waals surface area contributed by atoms with Gasteiger partial charge >= 0.3 is 0 Å². The predicted octanol–water partition coefficient (Wildman–Crippen LogP) is 5.60. The van der Waals surface area contributed by atoms with E-state index in [0.29, 0.717) is 0 Å². The van der Waals surface area contributed by atoms with Crippen LogP contribution in [0.1, 0.15) is 77.0 Å². The van der Waals surface area contributed by atoms with E-state index in [-0.39, 0.29) is 0 Å². The molecule has 1 heteroatoms. The summed E-state index contributed by atoms with van der Waals surface area (Å²) in [5.41, 5.74) is 0. The molecule has 0 amide bonds. The maximum Gasteiger partial charge on any atom is 0.140 e. The van der Waals surface area contributed by atoms with Crippen LogP contribution in [0.2, 0.25) is 0 Å². The van der Waals surface area contributed by atoms with E-state index in [4.69, 9.17) is 0 Å². The Morgan fingerprint density at radius 2 is 0.895 bits per heavy atom. The zero-order valence-corrected chi connectivity index (χ0v) is 13.2. The van der Waals surface area contributed by atoms with E-state index in [0.717, 1.165) is 0 Å². The minimum atomic E-state index is -0.463. The highest BCUT2D eigenvalue weighted by Crippen LogP contribution is 2.34. The average Bonchev–Trinajstić information content (AvgIpc) is 2.51. The van der Waals surface area contributed by atoms with Gasteiger partial charge in [0.05, 0.1) is 0 Å². The van der Waals surface area contributed by atoms with Gasteiger partial charge in [-0.25, -0.2) is 0 Å². The van der Waals surface area contributed by atoms with Crippen molar-refractivity contribution in [1.29, 1.82) is 0 Å². The lowest BCUT2D eigenvalue weighted by atomic mass is 10.1. The molecule has 0 aromatic heterocycles. The first-order valence-corrected chi connectivity index (χ1v) is 9.90. The molecule has 0 fully saturated rings. The standard InChI is InChI=1S/C18H27Si/c1-4-10-16(11-5-1)19(17-12-6-2-7-13-17)18-14-8-3-9-15-18/h10,12,14H,1-9,11,13,15H2. The van der Waals surface area contributed by atoms with E-state index in [2.05, 4.69) is 18.2 Å². The van der Waals surface area contributed by atoms with E-state index < -0.39 is 8.80 Å². The van der Waals surface area contributed by atoms with Crippen molar-refractivity contribution in [2.75, 3.05) is 0 Å². The molecule has 0 bridgehead atoms. The number of hydrogen-bond donors (Lipinski definition) is 0. The third-order valence-corrected chi connectivity index (χ3v) is 8.13. The molecule has 0 saturated heterocycles. The molecule has 0 N–H and O–H groups in total. The van der Waals surface area contributed by atoms with Crippen molar-refractivity contribution in [2.24, 2.45) is 0 Å². The molecule has 0 aromatic carbocycles. The summed E-state index contributed by atoms with van der Waals surface area (Å²) in [5.74, 6) is 0. The Bertz CT molecular complexity index is 338. The normalized spacial score (nSPS) is 24.8. The third-order valence-electron chi connectivity index (χ3n) is 4.84. The van der Waals surface area contributed by atoms with Gasteiger partial charge in [0.15, 0.2) is 0 Å². The van der Waals surface area contributed by atoms with Crippen LogP contribution >= 0.6 is 0 Å². The molecule has 0 heterocycles. The monoisotopic (exact) mass is 271 g/mol. The van der Waals surface area contributed by atoms with Gasteiger partial charge in [-0.2, -0.15) is 0 Å². The van der Waals surface area contributed by atoms with E-state index in [1.807, 2.05) is 15.6 Å². The fraction of sp³-hybridized carbons (Fsp3) is 0.667. The van der Waals surface area contributed by atoms with Gasteiger partial charge in [0.1, 0.15) is 8.80 Å². The molecule has 0 spiro atoms. The van der Waals surface area contributed by atoms with Crippen LogP contribution in [-0.4, -0.2) is 8.80 Å². The zero-order chi connectivity index (χ0) is 12.9. The van der Waals surface area contributed by atoms with E-state index in [1.54, 1.807) is 0 Å². The minimum absolute atomic E-state index is 0.463. The van der Waals surface area contributed by atoms with Gasteiger partial charge in [0, 0.05) is 0 Å². The van der Waals surface area contributed by atoms with Gasteiger partial charge in [-0.3, -0.25) is 0 Å². The first-order valence-electron chi connectivity index (χ1n) is 8.40. The maximum atomic E-state index is 2.63. The molecule has 19 heavy (non-hydrogen) atoms. The average molecular weight is 271 g/mol. The van der Waals surface area contributed by atoms with E-state index in [9.17, 15) is 0 Å². The zero-order valence-electron chi connectivity index (χ0n) is 12.2. The van der Waals surface area contributed by atoms with Gasteiger partial charge in [-0.1, -0.05) is 33.8 Å². The van der Waals surface area contributed by atoms with Crippen LogP contribution in [-0.2, 0) is 0 Å². The summed E-state index contributed by atoms with van der Waals surface area (Å²) in [5, 5.41) is 5.62. The summed E-state index contributed by atoms with van der Waals surface area (Å²) in [6.45, 7) is 0. The second-order valence-corrected chi connectivity index (χ2v) is 8.98. The van der Waals surface area contributed by atoms with Crippen molar-refractivity contribution in [2.45, 2.75) is 77.0 Å². The Morgan fingerprint density at radius 1 is 0.526 bits per heavy atom. The quantitative estimate of drug-likeness (QED) is 0.586. The number of rotatable bonds is 3. The lowest BCUT2D eigenvalue weighted by molar-refractivity contribution is 0.699. The summed E-state index contributed by atoms with van der Waals surface area (Å²) < 4.78 is 0. The molecule has 3 rings (SSSR count). The molecule has 0 saturated carbocycles. The Hall–Kier alpha value is -0.563. The maximum absolute atomic E-state index is 2.63. The summed E-state index contributed by atoms with van der Waals surface area (Å²) >= 11 is 0. The van der Waals surface area contributed by atoms with Crippen molar-refractivity contribution in [1.82, 2.24) is 0 Å². The summed E-state index contributed by atoms with van der Waals surface area (Å²) in [6.07, 6.45) is 24.8. The van der Waals surface area contributed by atoms with Crippen LogP contribution in [0.5, 0.6) is 0 Å². The van der Waals surface area contributed by atoms with Gasteiger partial charge in [-0.05, 0) is 77.0 Å². The van der Waals surface area contributed by atoms with Gasteiger partial charge in [-0.15, -0.1) is 0 Å². The third kappa shape index (κ3) is 3.31. The molecule has 0 nitrogen and oxygen atoms in total. The Labute approximate surface area is 120 Å². The van der Waals surface area contributed by atoms with Crippen molar-refractivity contribution in [3.05, 3.63) is 33.8 Å². The van der Waals surface area contributed by atoms with Crippen LogP contribution in [0, 0.1) is 0 Å². The predicted molar refractivity (Wildman–Crippen MR) is 85.4 cm³/mol. The number of hydrogen-bond acceptors (Lipinski definition) is 0. The molecular weight excluding hydrogens is 244 g/mol. The highest BCUT2D eigenvalue weighted by atomic mass is 28.3. The summed E-state index contributed by atoms with van der Waals surface area (Å²) in [4.78, 5) is 0. The first-order chi connectivity index (χ1) is 9.45. The fourth-order valence-electron chi connectivity index (χ4n) is 3.81. The molecule has 0 unspecified atom stereocenters. The largest absolute Gasteiger partial charge is 0.140 e. The van der Waals surface area contributed by atoms with Crippen molar-refractivity contribution >= 4 is 8.80 Å². The van der Waals surface area contributed by atoms with E-state index in [1.165, 1.54) is 77.0 Å². The molecule has 1 radical (unpaired) electrons. The van der Waals surface area contributed by atoms with Gasteiger partial charge < -0.3 is 0 Å². The fourth-order valence-corrected chi connectivity index (χ4v) is 7.38. The lowest BCUT2D eigenvalue weighted by Crippen LogP contribution is -2.27. The Balaban J connectivity index is 1.87. The molecule has 0 aromatic rings. The van der Waals surface area contributed by atoms with Crippen LogP contribution in [0.4, 0.5) is 0 Å². The highest BCUT2D eigenvalue weighted by molar-refractivity contribution is 6.80. The smallest absolute Gasteiger partial charge is 0.0887 e. The minimum Gasteiger partial charge on any atom is -0.0887 e. The van der Waals surface area contributed by atoms with Crippen molar-refractivity contribution in [3.63, 3.8) is 0 Å². The lowest BCUT2D eigenvalue weighted by Gasteiger charge is -2.30. The van der Waals surface area contributed by atoms with E-state index >= 15 is 0 Å². The Morgan fingerprint density at radius 3 is 1.16 bits per heavy atom. The summed E-state index contributed by atoms with van der Waals surface area (Å²) in [7, 11) is -0.463. The first kappa shape index (κ1) is 13.4. The highest BCUT2D eigenvalue weighted by Gasteiger charge is 2.27. The van der Waals surface area contributed by atoms with Crippen LogP contribution in [0.25, 0.3) is 0 Å². The van der Waals surface area contributed by atoms with Crippen molar-refractivity contribution < 1.29 is 0 Å². The molecule has 103 valence electrons. The summed E-state index contributed by atoms with van der Waals surface area (Å²) in [6, 6.07) is 0. The molecule has 0 atom stereocenters. The molecule has 3 aliphatic rings. The second kappa shape index (κ2) is 6.74. The molecular formula is C18H27Si. The van der Waals surface area contributed by atoms with Crippen LogP contribution in [0.3, 0.4) is 0 Å². The Kier molecular flexibility index (Phi) is 4.76. The topological polar surface area (TPSA) is 0 Å². The van der Waals surface area contributed by atoms with Gasteiger partial charge in [0.2, 0.25) is 0 Å². The van der Waals surface area contributed by atoms with Gasteiger partial charge in [0.25, 0.3) is 0 Å². The molecule has 3 aliphatic carbocycles. The SMILES string of the molecule is C1=C([Si](C2=CCCCC2)C2=CCCCC2)CCCC1. The molecule has 0 aliphatic heterocycles. The van der Waals surface area contributed by atoms with Crippen molar-refractivity contribution in [3.8, 4) is 0 Å². The number of allylic oxidation sites excluding steroid dienone is 6. The second-order valence-electron chi connectivity index (χ2n) is 6.30.